The highest BCUT2D eigenvalue weighted by Gasteiger charge is 2.38. The van der Waals surface area contributed by atoms with Gasteiger partial charge in [-0.2, -0.15) is 13.2 Å². The number of thioether (sulfide) groups is 1. The van der Waals surface area contributed by atoms with Gasteiger partial charge in [0.15, 0.2) is 0 Å². The molecule has 0 aliphatic heterocycles. The maximum absolute atomic E-state index is 12.7. The minimum atomic E-state index is -4.65. The van der Waals surface area contributed by atoms with Gasteiger partial charge in [-0.05, 0) is 18.2 Å². The molecule has 0 aliphatic rings. The van der Waals surface area contributed by atoms with Crippen LogP contribution in [0.5, 0.6) is 11.5 Å². The Bertz CT molecular complexity index is 854. The number of benzene rings is 1. The van der Waals surface area contributed by atoms with E-state index < -0.39 is 12.0 Å². The second-order valence-corrected chi connectivity index (χ2v) is 5.80. The molecule has 3 rings (SSSR count). The fraction of sp³-hybridized carbons (Fsp3) is 0.133. The second-order valence-electron chi connectivity index (χ2n) is 4.86. The summed E-state index contributed by atoms with van der Waals surface area (Å²) in [6.07, 6.45) is -1.46. The Morgan fingerprint density at radius 3 is 2.60 bits per heavy atom. The van der Waals surface area contributed by atoms with Gasteiger partial charge in [0.05, 0.1) is 6.20 Å². The average Bonchev–Trinajstić information content (AvgIpc) is 2.96. The summed E-state index contributed by atoms with van der Waals surface area (Å²) in [4.78, 5) is 3.97. The van der Waals surface area contributed by atoms with Crippen molar-refractivity contribution in [1.29, 1.82) is 0 Å². The first-order valence-corrected chi connectivity index (χ1v) is 8.00. The van der Waals surface area contributed by atoms with E-state index in [0.717, 1.165) is 17.3 Å². The Morgan fingerprint density at radius 2 is 1.92 bits per heavy atom. The third-order valence-corrected chi connectivity index (χ3v) is 4.10. The standard InChI is InChI=1S/C15H12F3N5OS/c16-15(17,18)13-21-22-14(23(13)19)25-9-10-4-1-2-6-12(10)24-11-5-3-7-20-8-11/h1-8H,9,19H2. The highest BCUT2D eigenvalue weighted by molar-refractivity contribution is 7.98. The fourth-order valence-electron chi connectivity index (χ4n) is 1.97. The van der Waals surface area contributed by atoms with E-state index in [0.29, 0.717) is 21.9 Å². The van der Waals surface area contributed by atoms with Gasteiger partial charge >= 0.3 is 6.18 Å². The first-order chi connectivity index (χ1) is 11.9. The molecule has 0 fully saturated rings. The largest absolute Gasteiger partial charge is 0.455 e. The van der Waals surface area contributed by atoms with Crippen molar-refractivity contribution >= 4 is 11.8 Å². The van der Waals surface area contributed by atoms with Crippen molar-refractivity contribution in [3.63, 3.8) is 0 Å². The maximum Gasteiger partial charge on any atom is 0.453 e. The summed E-state index contributed by atoms with van der Waals surface area (Å²) in [7, 11) is 0. The number of alkyl halides is 3. The Balaban J connectivity index is 1.75. The SMILES string of the molecule is Nn1c(SCc2ccccc2Oc2cccnc2)nnc1C(F)(F)F. The van der Waals surface area contributed by atoms with Crippen LogP contribution in [0.2, 0.25) is 0 Å². The zero-order valence-electron chi connectivity index (χ0n) is 12.6. The van der Waals surface area contributed by atoms with Crippen LogP contribution in [-0.4, -0.2) is 19.9 Å². The Morgan fingerprint density at radius 1 is 1.12 bits per heavy atom. The summed E-state index contributed by atoms with van der Waals surface area (Å²) in [5.41, 5.74) is 0.771. The molecule has 10 heteroatoms. The molecule has 0 aliphatic carbocycles. The zero-order chi connectivity index (χ0) is 17.9. The topological polar surface area (TPSA) is 78.9 Å². The first kappa shape index (κ1) is 17.1. The summed E-state index contributed by atoms with van der Waals surface area (Å²) in [6.45, 7) is 0. The number of nitrogens with zero attached hydrogens (tertiary/aromatic N) is 4. The highest BCUT2D eigenvalue weighted by Crippen LogP contribution is 2.32. The van der Waals surface area contributed by atoms with Crippen molar-refractivity contribution in [3.8, 4) is 11.5 Å². The van der Waals surface area contributed by atoms with E-state index in [1.54, 1.807) is 48.8 Å². The van der Waals surface area contributed by atoms with Crippen LogP contribution < -0.4 is 10.6 Å². The van der Waals surface area contributed by atoms with Crippen LogP contribution in [0.3, 0.4) is 0 Å². The van der Waals surface area contributed by atoms with Gasteiger partial charge in [-0.15, -0.1) is 10.2 Å². The summed E-state index contributed by atoms with van der Waals surface area (Å²) >= 11 is 1.03. The molecule has 0 spiro atoms. The average molecular weight is 367 g/mol. The van der Waals surface area contributed by atoms with Crippen molar-refractivity contribution < 1.29 is 17.9 Å². The first-order valence-electron chi connectivity index (χ1n) is 7.01. The lowest BCUT2D eigenvalue weighted by Gasteiger charge is -2.10. The zero-order valence-corrected chi connectivity index (χ0v) is 13.5. The lowest BCUT2D eigenvalue weighted by molar-refractivity contribution is -0.146. The van der Waals surface area contributed by atoms with Crippen LogP contribution in [0.25, 0.3) is 0 Å². The third kappa shape index (κ3) is 4.02. The van der Waals surface area contributed by atoms with Gasteiger partial charge in [0.2, 0.25) is 5.16 Å². The smallest absolute Gasteiger partial charge is 0.453 e. The number of halogens is 3. The van der Waals surface area contributed by atoms with E-state index in [-0.39, 0.29) is 5.16 Å². The van der Waals surface area contributed by atoms with Gasteiger partial charge in [0.1, 0.15) is 11.5 Å². The van der Waals surface area contributed by atoms with Crippen LogP contribution in [0.4, 0.5) is 13.2 Å². The van der Waals surface area contributed by atoms with E-state index in [4.69, 9.17) is 10.6 Å². The molecule has 0 atom stereocenters. The normalized spacial score (nSPS) is 11.5. The molecule has 130 valence electrons. The van der Waals surface area contributed by atoms with E-state index in [1.807, 2.05) is 0 Å². The predicted octanol–water partition coefficient (Wildman–Crippen LogP) is 3.49. The van der Waals surface area contributed by atoms with E-state index in [2.05, 4.69) is 15.2 Å². The number of nitrogens with two attached hydrogens (primary N) is 1. The molecule has 0 saturated carbocycles. The lowest BCUT2D eigenvalue weighted by Crippen LogP contribution is -2.21. The molecule has 2 heterocycles. The monoisotopic (exact) mass is 367 g/mol. The highest BCUT2D eigenvalue weighted by atomic mass is 32.2. The molecular formula is C15H12F3N5OS. The minimum absolute atomic E-state index is 0.0384. The van der Waals surface area contributed by atoms with Crippen LogP contribution in [0.15, 0.2) is 53.9 Å². The minimum Gasteiger partial charge on any atom is -0.455 e. The number of aromatic nitrogens is 4. The van der Waals surface area contributed by atoms with E-state index in [9.17, 15) is 13.2 Å². The van der Waals surface area contributed by atoms with Crippen molar-refractivity contribution in [3.05, 3.63) is 60.2 Å². The molecule has 3 aromatic rings. The molecule has 0 bridgehead atoms. The number of ether oxygens (including phenoxy) is 1. The molecular weight excluding hydrogens is 355 g/mol. The fourth-order valence-corrected chi connectivity index (χ4v) is 2.82. The van der Waals surface area contributed by atoms with Gasteiger partial charge < -0.3 is 10.6 Å². The van der Waals surface area contributed by atoms with E-state index >= 15 is 0 Å². The Kier molecular flexibility index (Phi) is 4.79. The molecule has 1 aromatic carbocycles. The number of hydrogen-bond donors (Lipinski definition) is 1. The third-order valence-electron chi connectivity index (χ3n) is 3.11. The van der Waals surface area contributed by atoms with Gasteiger partial charge in [0, 0.05) is 17.5 Å². The van der Waals surface area contributed by atoms with E-state index in [1.165, 1.54) is 0 Å². The van der Waals surface area contributed by atoms with Crippen LogP contribution >= 0.6 is 11.8 Å². The molecule has 25 heavy (non-hydrogen) atoms. The molecule has 6 nitrogen and oxygen atoms in total. The van der Waals surface area contributed by atoms with Gasteiger partial charge in [-0.3, -0.25) is 4.98 Å². The quantitative estimate of drug-likeness (QED) is 0.549. The molecule has 0 saturated heterocycles. The Hall–Kier alpha value is -2.75. The van der Waals surface area contributed by atoms with Gasteiger partial charge in [0.25, 0.3) is 5.82 Å². The van der Waals surface area contributed by atoms with Gasteiger partial charge in [-0.25, -0.2) is 4.68 Å². The van der Waals surface area contributed by atoms with Crippen LogP contribution in [0.1, 0.15) is 11.4 Å². The maximum atomic E-state index is 12.7. The molecule has 2 N–H and O–H groups in total. The molecule has 0 unspecified atom stereocenters. The summed E-state index contributed by atoms with van der Waals surface area (Å²) < 4.78 is 44.3. The number of nitrogen functional groups attached to an aromatic ring is 1. The Labute approximate surface area is 144 Å². The number of para-hydroxylation sites is 1. The molecule has 2 aromatic heterocycles. The van der Waals surface area contributed by atoms with Crippen molar-refractivity contribution in [2.45, 2.75) is 17.1 Å². The number of hydrogen-bond acceptors (Lipinski definition) is 6. The van der Waals surface area contributed by atoms with Crippen LogP contribution in [0, 0.1) is 0 Å². The predicted molar refractivity (Wildman–Crippen MR) is 85.5 cm³/mol. The summed E-state index contributed by atoms with van der Waals surface area (Å²) in [5, 5.41) is 6.54. The number of pyridine rings is 1. The summed E-state index contributed by atoms with van der Waals surface area (Å²) in [6, 6.07) is 10.7. The molecule has 0 amide bonds. The van der Waals surface area contributed by atoms with Crippen molar-refractivity contribution in [2.75, 3.05) is 5.84 Å². The second kappa shape index (κ2) is 7.01. The van der Waals surface area contributed by atoms with Crippen molar-refractivity contribution in [2.24, 2.45) is 0 Å². The van der Waals surface area contributed by atoms with Gasteiger partial charge in [-0.1, -0.05) is 30.0 Å². The lowest BCUT2D eigenvalue weighted by atomic mass is 10.2. The number of rotatable bonds is 5. The van der Waals surface area contributed by atoms with Crippen LogP contribution in [-0.2, 0) is 11.9 Å². The summed E-state index contributed by atoms with van der Waals surface area (Å²) in [5.74, 6) is 5.62. The van der Waals surface area contributed by atoms with Crippen molar-refractivity contribution in [1.82, 2.24) is 19.9 Å². The molecule has 0 radical (unpaired) electrons.